The molecule has 0 aromatic heterocycles. The minimum atomic E-state index is 0.0266. The number of nitrogens with zero attached hydrogens (tertiary/aromatic N) is 2. The van der Waals surface area contributed by atoms with Crippen molar-refractivity contribution in [3.05, 3.63) is 147 Å². The van der Waals surface area contributed by atoms with Crippen LogP contribution in [0.1, 0.15) is 91.9 Å². The molecule has 0 unspecified atom stereocenters. The second kappa shape index (κ2) is 17.1. The number of amides is 2. The molecule has 0 saturated carbocycles. The lowest BCUT2D eigenvalue weighted by molar-refractivity contribution is 0.0973. The van der Waals surface area contributed by atoms with Crippen molar-refractivity contribution in [1.82, 2.24) is 0 Å². The Labute approximate surface area is 366 Å². The number of hydrogen-bond acceptors (Lipinski definition) is 8. The van der Waals surface area contributed by atoms with Crippen molar-refractivity contribution in [2.45, 2.75) is 95.1 Å². The first-order valence-corrected chi connectivity index (χ1v) is 24.6. The van der Waals surface area contributed by atoms with E-state index in [2.05, 4.69) is 80.8 Å². The SMILES string of the molecule is COc1cc2c(cc1OCc1cc(COc3cc4c(cc3C)C(=O)N3c5ccccc5C[C@H]3CC4)cc(CSCC(C)(C)SSC)c1)CC[C@@H]1Cc3ccccc3N1C2=O. The molecule has 0 spiro atoms. The second-order valence-electron chi connectivity index (χ2n) is 17.1. The lowest BCUT2D eigenvalue weighted by atomic mass is 9.98. The average molecular weight is 857 g/mol. The Kier molecular flexibility index (Phi) is 11.6. The van der Waals surface area contributed by atoms with Crippen molar-refractivity contribution >= 4 is 56.5 Å². The zero-order valence-corrected chi connectivity index (χ0v) is 37.5. The highest BCUT2D eigenvalue weighted by Crippen LogP contribution is 2.42. The molecule has 5 aromatic rings. The van der Waals surface area contributed by atoms with Crippen molar-refractivity contribution in [3.63, 3.8) is 0 Å². The van der Waals surface area contributed by atoms with Gasteiger partial charge in [0.25, 0.3) is 11.8 Å². The number of hydrogen-bond donors (Lipinski definition) is 0. The lowest BCUT2D eigenvalue weighted by Gasteiger charge is -2.23. The van der Waals surface area contributed by atoms with E-state index in [1.54, 1.807) is 7.11 Å². The van der Waals surface area contributed by atoms with E-state index in [-0.39, 0.29) is 28.6 Å². The maximum Gasteiger partial charge on any atom is 0.258 e. The molecule has 0 saturated heterocycles. The molecule has 10 heteroatoms. The van der Waals surface area contributed by atoms with Gasteiger partial charge in [-0.1, -0.05) is 70.1 Å². The first-order chi connectivity index (χ1) is 29.1. The quantitative estimate of drug-likeness (QED) is 0.109. The Morgan fingerprint density at radius 3 is 1.78 bits per heavy atom. The van der Waals surface area contributed by atoms with Gasteiger partial charge in [0.2, 0.25) is 0 Å². The summed E-state index contributed by atoms with van der Waals surface area (Å²) < 4.78 is 19.2. The van der Waals surface area contributed by atoms with Crippen LogP contribution < -0.4 is 24.0 Å². The molecule has 0 radical (unpaired) electrons. The van der Waals surface area contributed by atoms with Crippen LogP contribution in [0.15, 0.2) is 91.0 Å². The van der Waals surface area contributed by atoms with Crippen LogP contribution >= 0.6 is 33.3 Å². The largest absolute Gasteiger partial charge is 0.493 e. The molecule has 0 bridgehead atoms. The van der Waals surface area contributed by atoms with Crippen LogP contribution in [0.5, 0.6) is 17.2 Å². The summed E-state index contributed by atoms with van der Waals surface area (Å²) >= 11 is 1.94. The van der Waals surface area contributed by atoms with Crippen molar-refractivity contribution in [2.75, 3.05) is 28.9 Å². The molecule has 4 aliphatic rings. The second-order valence-corrected chi connectivity index (χ2v) is 21.2. The van der Waals surface area contributed by atoms with Gasteiger partial charge in [0.15, 0.2) is 11.5 Å². The summed E-state index contributed by atoms with van der Waals surface area (Å²) in [7, 11) is 5.36. The fourth-order valence-electron chi connectivity index (χ4n) is 9.48. The number of para-hydroxylation sites is 2. The summed E-state index contributed by atoms with van der Waals surface area (Å²) in [5.74, 6) is 4.01. The summed E-state index contributed by atoms with van der Waals surface area (Å²) in [4.78, 5) is 32.1. The maximum atomic E-state index is 14.1. The summed E-state index contributed by atoms with van der Waals surface area (Å²) in [6.07, 6.45) is 7.35. The van der Waals surface area contributed by atoms with Crippen molar-refractivity contribution < 1.29 is 23.8 Å². The molecule has 2 atom stereocenters. The average Bonchev–Trinajstić information content (AvgIpc) is 3.73. The first-order valence-electron chi connectivity index (χ1n) is 20.9. The third-order valence-corrected chi connectivity index (χ3v) is 16.5. The van der Waals surface area contributed by atoms with E-state index in [1.807, 2.05) is 80.4 Å². The summed E-state index contributed by atoms with van der Waals surface area (Å²) in [6.45, 7) is 7.36. The van der Waals surface area contributed by atoms with Crippen molar-refractivity contribution in [3.8, 4) is 17.2 Å². The highest BCUT2D eigenvalue weighted by Gasteiger charge is 2.39. The Hall–Kier alpha value is -4.51. The van der Waals surface area contributed by atoms with Crippen molar-refractivity contribution in [1.29, 1.82) is 0 Å². The Balaban J connectivity index is 0.946. The minimum Gasteiger partial charge on any atom is -0.493 e. The van der Waals surface area contributed by atoms with Gasteiger partial charge in [-0.25, -0.2) is 0 Å². The molecule has 4 aliphatic heterocycles. The van der Waals surface area contributed by atoms with Crippen LogP contribution in [-0.4, -0.2) is 47.8 Å². The number of ether oxygens (including phenoxy) is 3. The van der Waals surface area contributed by atoms with Gasteiger partial charge in [-0.2, -0.15) is 11.8 Å². The summed E-state index contributed by atoms with van der Waals surface area (Å²) in [5.41, 5.74) is 12.3. The van der Waals surface area contributed by atoms with Crippen LogP contribution in [-0.2, 0) is 44.6 Å². The van der Waals surface area contributed by atoms with Gasteiger partial charge >= 0.3 is 0 Å². The van der Waals surface area contributed by atoms with Gasteiger partial charge in [0.1, 0.15) is 19.0 Å². The molecular weight excluding hydrogens is 805 g/mol. The fourth-order valence-corrected chi connectivity index (χ4v) is 13.2. The fraction of sp³-hybridized carbons (Fsp3) is 0.360. The van der Waals surface area contributed by atoms with Crippen LogP contribution in [0.3, 0.4) is 0 Å². The summed E-state index contributed by atoms with van der Waals surface area (Å²) in [6, 6.07) is 31.6. The maximum absolute atomic E-state index is 14.1. The topological polar surface area (TPSA) is 68.3 Å². The number of methoxy groups -OCH3 is 1. The smallest absolute Gasteiger partial charge is 0.258 e. The standard InChI is InChI=1S/C50H52N2O5S3/c1-31-18-41-35(14-16-39-22-37-10-6-8-12-43(37)51(39)48(41)53)24-45(31)56-27-32-19-33(21-34(20-32)29-59-30-50(2,3)60-58-5)28-57-47-25-36-15-17-40-23-38-11-7-9-13-44(38)52(40)49(54)42(36)26-46(47)55-4/h6-13,18-21,24-26,39-40H,14-17,22-23,27-30H2,1-5H3/t39-,40-/m1/s1. The molecule has 0 N–H and O–H groups in total. The molecule has 0 fully saturated rings. The number of thioether (sulfide) groups is 1. The number of benzene rings is 5. The normalized spacial score (nSPS) is 17.8. The van der Waals surface area contributed by atoms with E-state index in [4.69, 9.17) is 14.2 Å². The molecule has 310 valence electrons. The zero-order chi connectivity index (χ0) is 41.5. The molecule has 5 aromatic carbocycles. The van der Waals surface area contributed by atoms with E-state index in [0.29, 0.717) is 30.3 Å². The molecule has 60 heavy (non-hydrogen) atoms. The van der Waals surface area contributed by atoms with E-state index in [9.17, 15) is 9.59 Å². The minimum absolute atomic E-state index is 0.0266. The highest BCUT2D eigenvalue weighted by molar-refractivity contribution is 8.77. The van der Waals surface area contributed by atoms with Gasteiger partial charge in [-0.15, -0.1) is 0 Å². The van der Waals surface area contributed by atoms with Gasteiger partial charge in [0.05, 0.1) is 7.11 Å². The number of carbonyl (C=O) groups is 2. The van der Waals surface area contributed by atoms with Gasteiger partial charge < -0.3 is 24.0 Å². The van der Waals surface area contributed by atoms with Crippen LogP contribution in [0, 0.1) is 6.92 Å². The summed E-state index contributed by atoms with van der Waals surface area (Å²) in [5, 5.41) is 0. The molecule has 9 rings (SSSR count). The predicted octanol–water partition coefficient (Wildman–Crippen LogP) is 11.2. The van der Waals surface area contributed by atoms with Gasteiger partial charge in [0, 0.05) is 50.8 Å². The third-order valence-electron chi connectivity index (χ3n) is 12.3. The van der Waals surface area contributed by atoms with E-state index >= 15 is 0 Å². The van der Waals surface area contributed by atoms with E-state index in [1.165, 1.54) is 16.7 Å². The van der Waals surface area contributed by atoms with Gasteiger partial charge in [-0.3, -0.25) is 9.59 Å². The third kappa shape index (κ3) is 8.15. The molecule has 0 aliphatic carbocycles. The predicted molar refractivity (Wildman–Crippen MR) is 249 cm³/mol. The number of fused-ring (bicyclic) bond motifs is 8. The van der Waals surface area contributed by atoms with Crippen LogP contribution in [0.4, 0.5) is 11.4 Å². The molecular formula is C50H52N2O5S3. The Bertz CT molecular complexity index is 2470. The molecule has 7 nitrogen and oxygen atoms in total. The van der Waals surface area contributed by atoms with E-state index in [0.717, 1.165) is 101 Å². The number of anilines is 2. The zero-order valence-electron chi connectivity index (χ0n) is 35.0. The number of aryl methyl sites for hydroxylation is 3. The van der Waals surface area contributed by atoms with Crippen LogP contribution in [0.25, 0.3) is 0 Å². The van der Waals surface area contributed by atoms with E-state index < -0.39 is 0 Å². The number of carbonyl (C=O) groups excluding carboxylic acids is 2. The molecule has 2 amide bonds. The Morgan fingerprint density at radius 2 is 1.20 bits per heavy atom. The Morgan fingerprint density at radius 1 is 0.667 bits per heavy atom. The van der Waals surface area contributed by atoms with Crippen molar-refractivity contribution in [2.24, 2.45) is 0 Å². The number of rotatable bonds is 13. The van der Waals surface area contributed by atoms with Crippen LogP contribution in [0.2, 0.25) is 0 Å². The lowest BCUT2D eigenvalue weighted by Crippen LogP contribution is -2.36. The highest BCUT2D eigenvalue weighted by atomic mass is 33.1. The monoisotopic (exact) mass is 856 g/mol. The van der Waals surface area contributed by atoms with Gasteiger partial charge in [-0.05, 0) is 153 Å². The first kappa shape index (κ1) is 40.9. The molecule has 4 heterocycles.